The Balaban J connectivity index is 0.718. The molecule has 3 aliphatic heterocycles. The first-order valence-electron chi connectivity index (χ1n) is 27.8. The molecule has 2 aromatic carbocycles. The Bertz CT molecular complexity index is 3250. The number of aliphatic hydroxyl groups is 1. The number of aromatic nitrogens is 2. The summed E-state index contributed by atoms with van der Waals surface area (Å²) in [6, 6.07) is 10.3. The number of rotatable bonds is 22. The Morgan fingerprint density at radius 3 is 2.31 bits per heavy atom. The average molecular weight is 1120 g/mol. The Morgan fingerprint density at radius 2 is 1.58 bits per heavy atom. The first-order valence-corrected chi connectivity index (χ1v) is 27.8. The maximum atomic E-state index is 15.5. The normalized spacial score (nSPS) is 21.0. The fourth-order valence-corrected chi connectivity index (χ4v) is 11.7. The summed E-state index contributed by atoms with van der Waals surface area (Å²) in [5, 5.41) is 28.2. The molecule has 2 aromatic heterocycles. The van der Waals surface area contributed by atoms with E-state index in [4.69, 9.17) is 14.5 Å². The molecular formula is C58H68FN9O13. The van der Waals surface area contributed by atoms with Gasteiger partial charge in [-0.1, -0.05) is 50.6 Å². The molecular weight excluding hydrogens is 1050 g/mol. The molecule has 5 aliphatic rings. The molecule has 22 nitrogen and oxygen atoms in total. The van der Waals surface area contributed by atoms with Crippen LogP contribution < -0.4 is 37.5 Å². The van der Waals surface area contributed by atoms with Crippen molar-refractivity contribution < 1.29 is 62.1 Å². The van der Waals surface area contributed by atoms with Gasteiger partial charge in [-0.25, -0.2) is 14.2 Å². The number of halogens is 1. The van der Waals surface area contributed by atoms with E-state index in [1.165, 1.54) is 15.5 Å². The molecule has 1 saturated heterocycles. The number of ether oxygens (including phenoxy) is 2. The van der Waals surface area contributed by atoms with Gasteiger partial charge in [0.2, 0.25) is 47.3 Å². The predicted molar refractivity (Wildman–Crippen MR) is 288 cm³/mol. The number of likely N-dealkylation sites (tertiary alicyclic amines) is 1. The zero-order valence-corrected chi connectivity index (χ0v) is 45.6. The van der Waals surface area contributed by atoms with Crippen molar-refractivity contribution in [1.29, 1.82) is 0 Å². The van der Waals surface area contributed by atoms with Crippen molar-refractivity contribution >= 4 is 64.1 Å². The van der Waals surface area contributed by atoms with Gasteiger partial charge >= 0.3 is 5.97 Å². The first-order chi connectivity index (χ1) is 38.8. The average Bonchev–Trinajstić information content (AvgIpc) is 3.22. The zero-order valence-electron chi connectivity index (χ0n) is 45.6. The second-order valence-corrected chi connectivity index (χ2v) is 21.7. The summed E-state index contributed by atoms with van der Waals surface area (Å²) in [4.78, 5) is 135. The summed E-state index contributed by atoms with van der Waals surface area (Å²) < 4.78 is 28.2. The topological polar surface area (TPSA) is 303 Å². The molecule has 81 heavy (non-hydrogen) atoms. The van der Waals surface area contributed by atoms with E-state index in [-0.39, 0.29) is 105 Å². The lowest BCUT2D eigenvalue weighted by Gasteiger charge is -2.32. The van der Waals surface area contributed by atoms with Crippen LogP contribution in [0.1, 0.15) is 129 Å². The van der Waals surface area contributed by atoms with Crippen LogP contribution in [-0.2, 0) is 84.2 Å². The minimum absolute atomic E-state index is 0.0241. The maximum Gasteiger partial charge on any atom is 0.343 e. The van der Waals surface area contributed by atoms with Gasteiger partial charge in [0.25, 0.3) is 5.56 Å². The minimum Gasteiger partial charge on any atom is -0.458 e. The quantitative estimate of drug-likeness (QED) is 0.0227. The molecule has 9 rings (SSSR count). The smallest absolute Gasteiger partial charge is 0.343 e. The second-order valence-electron chi connectivity index (χ2n) is 21.7. The number of benzene rings is 2. The van der Waals surface area contributed by atoms with Crippen LogP contribution in [0.5, 0.6) is 0 Å². The van der Waals surface area contributed by atoms with Gasteiger partial charge in [0.05, 0.1) is 60.8 Å². The maximum absolute atomic E-state index is 15.5. The van der Waals surface area contributed by atoms with E-state index in [0.717, 1.165) is 22.1 Å². The summed E-state index contributed by atoms with van der Waals surface area (Å²) in [6.45, 7) is 3.73. The van der Waals surface area contributed by atoms with Crippen LogP contribution in [0.4, 0.5) is 4.39 Å². The molecule has 2 fully saturated rings. The van der Waals surface area contributed by atoms with Gasteiger partial charge in [-0.05, 0) is 93.0 Å². The van der Waals surface area contributed by atoms with Crippen molar-refractivity contribution in [2.75, 3.05) is 32.9 Å². The Kier molecular flexibility index (Phi) is 17.7. The highest BCUT2D eigenvalue weighted by molar-refractivity contribution is 6.03. The lowest BCUT2D eigenvalue weighted by Crippen LogP contribution is -2.52. The lowest BCUT2D eigenvalue weighted by atomic mass is 9.81. The molecule has 4 aromatic rings. The standard InChI is InChI=1S/C58H68FN9O13/c1-4-58(79)39-23-44-52-37(28-68(44)56(77)38(39)29-80-57(58)78)51-41(19-18-36-32(3)40(59)24-42(65-52)50(36)51)66-53(74)34-14-16-35(17-15-34)81-30-63-47(71)26-62-54(75)43(22-33-11-7-5-8-12-33)64-48(72)27-61-46(70)25-60-45(69)13-9-6-10-20-67-49(73)21-31(2)55(67)76/h5,7-8,11-12,23-24,31,34-35,41,43,79H,4,6,9-10,13-22,25-30H2,1-3H3,(H,60,69)(H,61,70)(H,62,75)(H,63,71)(H,64,72)(H,66,74)/t31?,34-,35-,41-,43-,58-/m0/s1. The van der Waals surface area contributed by atoms with Gasteiger partial charge in [-0.2, -0.15) is 0 Å². The molecule has 23 heteroatoms. The van der Waals surface area contributed by atoms with Gasteiger partial charge in [-0.3, -0.25) is 48.1 Å². The van der Waals surface area contributed by atoms with E-state index in [1.807, 2.05) is 0 Å². The molecule has 1 saturated carbocycles. The van der Waals surface area contributed by atoms with Crippen molar-refractivity contribution in [3.63, 3.8) is 0 Å². The molecule has 430 valence electrons. The van der Waals surface area contributed by atoms with E-state index < -0.39 is 71.7 Å². The number of hydrogen-bond acceptors (Lipinski definition) is 14. The third-order valence-electron chi connectivity index (χ3n) is 16.3. The van der Waals surface area contributed by atoms with E-state index in [9.17, 15) is 53.1 Å². The Labute approximate surface area is 466 Å². The summed E-state index contributed by atoms with van der Waals surface area (Å²) in [5.74, 6) is -5.34. The summed E-state index contributed by atoms with van der Waals surface area (Å²) >= 11 is 0. The first kappa shape index (κ1) is 57.8. The molecule has 0 radical (unpaired) electrons. The largest absolute Gasteiger partial charge is 0.458 e. The number of esters is 1. The number of nitrogens with zero attached hydrogens (tertiary/aromatic N) is 3. The number of nitrogens with one attached hydrogen (secondary N) is 6. The van der Waals surface area contributed by atoms with Crippen LogP contribution in [0.3, 0.4) is 0 Å². The van der Waals surface area contributed by atoms with Gasteiger partial charge in [0, 0.05) is 60.2 Å². The zero-order chi connectivity index (χ0) is 57.7. The Hall–Kier alpha value is -7.92. The third kappa shape index (κ3) is 12.5. The number of carbonyl (C=O) groups excluding carboxylic acids is 9. The van der Waals surface area contributed by atoms with Crippen LogP contribution >= 0.6 is 0 Å². The number of pyridine rings is 2. The van der Waals surface area contributed by atoms with E-state index in [2.05, 4.69) is 31.9 Å². The Morgan fingerprint density at radius 1 is 0.864 bits per heavy atom. The van der Waals surface area contributed by atoms with Crippen LogP contribution in [0, 0.1) is 24.6 Å². The molecule has 5 heterocycles. The molecule has 8 amide bonds. The van der Waals surface area contributed by atoms with Gasteiger partial charge < -0.3 is 51.0 Å². The SMILES string of the molecule is CC[C@@]1(O)C(=O)OCc2c1cc1n(c2=O)Cc2c-1nc1cc(F)c(C)c3c1c2[C@@H](NC(=O)[C@H]1CC[C@H](OCNC(=O)CNC(=O)[C@H](Cc2ccccc2)NC(=O)CNC(=O)CNC(=O)CCCCCN2C(=O)CC(C)C2=O)CC1)CC3. The van der Waals surface area contributed by atoms with E-state index in [1.54, 1.807) is 57.2 Å². The van der Waals surface area contributed by atoms with Gasteiger partial charge in [0.1, 0.15) is 25.2 Å². The van der Waals surface area contributed by atoms with Crippen molar-refractivity contribution in [2.24, 2.45) is 11.8 Å². The van der Waals surface area contributed by atoms with Crippen molar-refractivity contribution in [3.05, 3.63) is 97.6 Å². The molecule has 1 unspecified atom stereocenters. The molecule has 0 bridgehead atoms. The third-order valence-corrected chi connectivity index (χ3v) is 16.3. The van der Waals surface area contributed by atoms with Gasteiger partial charge in [0.15, 0.2) is 5.60 Å². The number of fused-ring (bicyclic) bond motifs is 5. The fraction of sp³-hybridized carbons (Fsp3) is 0.500. The summed E-state index contributed by atoms with van der Waals surface area (Å²) in [5.41, 5.74) is 2.53. The van der Waals surface area contributed by atoms with Crippen LogP contribution in [-0.4, -0.2) is 118 Å². The monoisotopic (exact) mass is 1120 g/mol. The number of hydrogen-bond donors (Lipinski definition) is 7. The van der Waals surface area contributed by atoms with Crippen molar-refractivity contribution in [2.45, 2.75) is 141 Å². The summed E-state index contributed by atoms with van der Waals surface area (Å²) in [6.07, 6.45) is 4.78. The number of cyclic esters (lactones) is 1. The van der Waals surface area contributed by atoms with Crippen molar-refractivity contribution in [1.82, 2.24) is 46.4 Å². The number of carbonyl (C=O) groups is 9. The number of unbranched alkanes of at least 4 members (excludes halogenated alkanes) is 2. The molecule has 0 spiro atoms. The number of imide groups is 1. The van der Waals surface area contributed by atoms with Crippen LogP contribution in [0.15, 0.2) is 47.3 Å². The number of amides is 8. The highest BCUT2D eigenvalue weighted by atomic mass is 19.1. The highest BCUT2D eigenvalue weighted by Gasteiger charge is 2.46. The second kappa shape index (κ2) is 24.8. The lowest BCUT2D eigenvalue weighted by molar-refractivity contribution is -0.172. The van der Waals surface area contributed by atoms with Crippen LogP contribution in [0.25, 0.3) is 22.3 Å². The van der Waals surface area contributed by atoms with E-state index >= 15 is 4.39 Å². The van der Waals surface area contributed by atoms with E-state index in [0.29, 0.717) is 92.4 Å². The number of aryl methyl sites for hydroxylation is 1. The highest BCUT2D eigenvalue weighted by Crippen LogP contribution is 2.46. The van der Waals surface area contributed by atoms with Crippen LogP contribution in [0.2, 0.25) is 0 Å². The predicted octanol–water partition coefficient (Wildman–Crippen LogP) is 2.31. The molecule has 7 N–H and O–H groups in total. The summed E-state index contributed by atoms with van der Waals surface area (Å²) in [7, 11) is 0. The minimum atomic E-state index is -2.02. The van der Waals surface area contributed by atoms with Gasteiger partial charge in [-0.15, -0.1) is 0 Å². The molecule has 4 atom stereocenters. The van der Waals surface area contributed by atoms with Crippen molar-refractivity contribution in [3.8, 4) is 11.4 Å². The fourth-order valence-electron chi connectivity index (χ4n) is 11.7. The molecule has 2 aliphatic carbocycles.